The number of nitro groups is 1. The number of nitrogens with zero attached hydrogens (tertiary/aromatic N) is 12. The SMILES string of the molecule is COC(=O)c1ccc(-c2ccc(-c3nc4c(nnn4Cc4ccc(OC)cc4)c(=O)[nH]3)cc2N)cc1.COC(=O)c1ccc(-c2ccc(-c3nc4c(nnn4Cc4ccc(OC)cc4)c(=O)[nH]3)cc2[N+](=O)[O-])cc1.Nc1cc(-c2nc3n[nH]nc3c(=O)[nH]2)ccc1-c1ccc(C(=O)O)cc1. The maximum Gasteiger partial charge on any atom is 0.337 e. The number of carbonyl (C=O) groups is 3. The molecule has 0 saturated carbocycles. The van der Waals surface area contributed by atoms with Crippen LogP contribution in [0.1, 0.15) is 42.2 Å². The number of nitrogens with one attached hydrogen (secondary N) is 4. The van der Waals surface area contributed by atoms with Crippen molar-refractivity contribution in [3.63, 3.8) is 0 Å². The number of carboxylic acids is 1. The number of esters is 2. The fourth-order valence-corrected chi connectivity index (χ4v) is 10.5. The first-order chi connectivity index (χ1) is 48.4. The molecule has 0 aliphatic carbocycles. The van der Waals surface area contributed by atoms with Crippen LogP contribution < -0.4 is 37.6 Å². The van der Waals surface area contributed by atoms with Gasteiger partial charge in [0.1, 0.15) is 29.0 Å². The lowest BCUT2D eigenvalue weighted by atomic mass is 10.00. The zero-order valence-corrected chi connectivity index (χ0v) is 53.0. The Labute approximate surface area is 561 Å². The highest BCUT2D eigenvalue weighted by Gasteiger charge is 2.22. The van der Waals surface area contributed by atoms with E-state index in [0.29, 0.717) is 86.5 Å². The number of aromatic amines is 4. The minimum atomic E-state index is -0.988. The summed E-state index contributed by atoms with van der Waals surface area (Å²) in [4.78, 5) is 105. The second-order valence-electron chi connectivity index (χ2n) is 21.9. The summed E-state index contributed by atoms with van der Waals surface area (Å²) in [6, 6.07) is 49.7. The number of H-pyrrole nitrogens is 4. The lowest BCUT2D eigenvalue weighted by Crippen LogP contribution is -2.11. The van der Waals surface area contributed by atoms with E-state index in [2.05, 4.69) is 65.9 Å². The summed E-state index contributed by atoms with van der Waals surface area (Å²) in [5.41, 5.74) is 21.6. The van der Waals surface area contributed by atoms with Crippen molar-refractivity contribution in [2.45, 2.75) is 13.1 Å². The average Bonchev–Trinajstić information content (AvgIpc) is 1.47. The summed E-state index contributed by atoms with van der Waals surface area (Å²) >= 11 is 0. The number of aromatic nitrogens is 15. The van der Waals surface area contributed by atoms with Gasteiger partial charge in [-0.2, -0.15) is 5.21 Å². The second kappa shape index (κ2) is 28.3. The first kappa shape index (κ1) is 65.7. The highest BCUT2D eigenvalue weighted by molar-refractivity contribution is 5.92. The summed E-state index contributed by atoms with van der Waals surface area (Å²) in [5, 5.41) is 47.0. The number of benzene rings is 8. The van der Waals surface area contributed by atoms with Crippen LogP contribution in [0.15, 0.2) is 190 Å². The summed E-state index contributed by atoms with van der Waals surface area (Å²) in [6.45, 7) is 0.691. The van der Waals surface area contributed by atoms with E-state index < -0.39 is 39.5 Å². The molecule has 6 heterocycles. The standard InChI is InChI=1S/C26H20N6O6.C26H22N6O4.C17H12N6O3/c1-37-19-10-3-15(4-11-19)14-31-24-22(29-30-31)25(33)28-23(27-24)18-9-12-20(21(13-18)32(35)36)16-5-7-17(8-6-16)26(34)38-2;1-35-19-10-3-15(4-11-19)14-32-24-22(30-31-32)25(33)29-23(28-24)18-9-12-20(21(27)13-18)16-5-7-17(8-6-16)26(34)36-2;18-12-7-10(14-19-15-13(16(24)20-14)21-23-22-15)5-6-11(12)8-1-3-9(4-2-8)17(25)26/h3-13H,14H2,1-2H3,(H,27,28,33);3-13H,14,27H2,1-2H3,(H,28,29,33);1-7H,18H2,(H,25,26)(H2,19,20,21,22,23,24). The van der Waals surface area contributed by atoms with Gasteiger partial charge in [0.2, 0.25) is 5.65 Å². The highest BCUT2D eigenvalue weighted by Crippen LogP contribution is 2.35. The molecule has 14 aromatic rings. The number of nitrogens with two attached hydrogens (primary N) is 2. The van der Waals surface area contributed by atoms with Crippen molar-refractivity contribution >= 4 is 68.5 Å². The van der Waals surface area contributed by atoms with Gasteiger partial charge in [-0.25, -0.2) is 38.7 Å². The molecule has 0 aliphatic heterocycles. The fourth-order valence-electron chi connectivity index (χ4n) is 10.5. The number of ether oxygens (including phenoxy) is 4. The largest absolute Gasteiger partial charge is 0.497 e. The third-order valence-electron chi connectivity index (χ3n) is 15.7. The molecule has 0 saturated heterocycles. The number of anilines is 2. The highest BCUT2D eigenvalue weighted by atomic mass is 16.6. The minimum absolute atomic E-state index is 0.0547. The number of methoxy groups -OCH3 is 4. The maximum atomic E-state index is 12.7. The number of nitrogen functional groups attached to an aromatic ring is 2. The smallest absolute Gasteiger partial charge is 0.337 e. The molecule has 100 heavy (non-hydrogen) atoms. The van der Waals surface area contributed by atoms with E-state index in [1.165, 1.54) is 49.2 Å². The molecule has 0 spiro atoms. The average molecular weight is 1340 g/mol. The number of hydrogen-bond donors (Lipinski definition) is 7. The van der Waals surface area contributed by atoms with Crippen molar-refractivity contribution in [1.29, 1.82) is 0 Å². The predicted molar refractivity (Wildman–Crippen MR) is 366 cm³/mol. The quantitative estimate of drug-likeness (QED) is 0.0206. The Morgan fingerprint density at radius 3 is 1.26 bits per heavy atom. The van der Waals surface area contributed by atoms with Crippen LogP contribution in [-0.2, 0) is 22.6 Å². The Balaban J connectivity index is 0.000000145. The third-order valence-corrected chi connectivity index (χ3v) is 15.7. The monoisotopic (exact) mass is 1340 g/mol. The van der Waals surface area contributed by atoms with Crippen molar-refractivity contribution in [3.8, 4) is 79.0 Å². The molecule has 31 heteroatoms. The molecule has 9 N–H and O–H groups in total. The molecule has 0 aliphatic rings. The van der Waals surface area contributed by atoms with Gasteiger partial charge >= 0.3 is 17.9 Å². The van der Waals surface area contributed by atoms with Crippen LogP contribution >= 0.6 is 0 Å². The molecule has 498 valence electrons. The fraction of sp³-hybridized carbons (Fsp3) is 0.0870. The van der Waals surface area contributed by atoms with Gasteiger partial charge in [-0.15, -0.1) is 20.4 Å². The van der Waals surface area contributed by atoms with E-state index in [4.69, 9.17) is 35.5 Å². The predicted octanol–water partition coefficient (Wildman–Crippen LogP) is 8.53. The first-order valence-corrected chi connectivity index (χ1v) is 29.9. The molecule has 0 fully saturated rings. The van der Waals surface area contributed by atoms with E-state index in [9.17, 15) is 38.9 Å². The van der Waals surface area contributed by atoms with Crippen molar-refractivity contribution < 1.29 is 43.4 Å². The van der Waals surface area contributed by atoms with Crippen LogP contribution in [0.5, 0.6) is 11.5 Å². The van der Waals surface area contributed by atoms with Gasteiger partial charge in [0, 0.05) is 45.3 Å². The zero-order valence-electron chi connectivity index (χ0n) is 53.0. The Bertz CT molecular complexity index is 5640. The van der Waals surface area contributed by atoms with Gasteiger partial charge < -0.3 is 50.5 Å². The molecule has 0 radical (unpaired) electrons. The summed E-state index contributed by atoms with van der Waals surface area (Å²) in [5.74, 6) is 0.372. The number of carboxylic acid groups (broad SMARTS) is 1. The van der Waals surface area contributed by atoms with Crippen LogP contribution in [0.3, 0.4) is 0 Å². The molecule has 31 nitrogen and oxygen atoms in total. The van der Waals surface area contributed by atoms with Crippen molar-refractivity contribution in [2.24, 2.45) is 0 Å². The van der Waals surface area contributed by atoms with Crippen molar-refractivity contribution in [1.82, 2.24) is 75.3 Å². The minimum Gasteiger partial charge on any atom is -0.497 e. The lowest BCUT2D eigenvalue weighted by Gasteiger charge is -2.10. The Hall–Kier alpha value is -14.4. The van der Waals surface area contributed by atoms with Gasteiger partial charge in [-0.1, -0.05) is 101 Å². The van der Waals surface area contributed by atoms with Gasteiger partial charge in [0.15, 0.2) is 27.8 Å². The van der Waals surface area contributed by atoms with E-state index in [1.807, 2.05) is 60.7 Å². The zero-order chi connectivity index (χ0) is 70.3. The molecular formula is C69H54N18O13. The molecular weight excluding hydrogens is 1290 g/mol. The van der Waals surface area contributed by atoms with E-state index in [1.54, 1.807) is 104 Å². The van der Waals surface area contributed by atoms with Crippen molar-refractivity contribution in [3.05, 3.63) is 245 Å². The van der Waals surface area contributed by atoms with Crippen molar-refractivity contribution in [2.75, 3.05) is 39.9 Å². The molecule has 0 atom stereocenters. The first-order valence-electron chi connectivity index (χ1n) is 29.9. The van der Waals surface area contributed by atoms with Gasteiger partial charge in [0.05, 0.1) is 68.7 Å². The van der Waals surface area contributed by atoms with Crippen LogP contribution in [0.2, 0.25) is 0 Å². The van der Waals surface area contributed by atoms with Gasteiger partial charge in [-0.05, 0) is 107 Å². The molecule has 0 amide bonds. The maximum absolute atomic E-state index is 12.7. The van der Waals surface area contributed by atoms with Crippen LogP contribution in [0, 0.1) is 10.1 Å². The molecule has 14 rings (SSSR count). The number of nitro benzene ring substituents is 1. The van der Waals surface area contributed by atoms with Gasteiger partial charge in [0.25, 0.3) is 22.4 Å². The Morgan fingerprint density at radius 2 is 0.860 bits per heavy atom. The number of rotatable bonds is 16. The number of hydrogen-bond acceptors (Lipinski definition) is 23. The topological polar surface area (TPSA) is 444 Å². The van der Waals surface area contributed by atoms with Gasteiger partial charge in [-0.3, -0.25) is 24.5 Å². The number of carbonyl (C=O) groups excluding carboxylic acids is 2. The number of fused-ring (bicyclic) bond motifs is 3. The second-order valence-corrected chi connectivity index (χ2v) is 21.9. The van der Waals surface area contributed by atoms with E-state index in [-0.39, 0.29) is 44.9 Å². The molecule has 8 aromatic carbocycles. The molecule has 0 bridgehead atoms. The number of aromatic carboxylic acids is 1. The molecule has 0 unspecified atom stereocenters. The Kier molecular flexibility index (Phi) is 18.6. The summed E-state index contributed by atoms with van der Waals surface area (Å²) in [6.07, 6.45) is 0. The van der Waals surface area contributed by atoms with Crippen LogP contribution in [-0.4, -0.2) is 132 Å². The van der Waals surface area contributed by atoms with E-state index >= 15 is 0 Å². The lowest BCUT2D eigenvalue weighted by molar-refractivity contribution is -0.384. The Morgan fingerprint density at radius 1 is 0.480 bits per heavy atom. The van der Waals surface area contributed by atoms with Crippen LogP contribution in [0.4, 0.5) is 17.1 Å². The normalized spacial score (nSPS) is 10.9. The molecule has 6 aromatic heterocycles. The summed E-state index contributed by atoms with van der Waals surface area (Å²) < 4.78 is 22.9. The third kappa shape index (κ3) is 13.9. The summed E-state index contributed by atoms with van der Waals surface area (Å²) in [7, 11) is 5.80. The van der Waals surface area contributed by atoms with E-state index in [0.717, 1.165) is 39.1 Å². The van der Waals surface area contributed by atoms with Crippen LogP contribution in [0.25, 0.3) is 101 Å².